The van der Waals surface area contributed by atoms with Crippen molar-refractivity contribution < 1.29 is 9.84 Å². The lowest BCUT2D eigenvalue weighted by atomic mass is 10.2. The number of hydrogen-bond acceptors (Lipinski definition) is 7. The molecule has 0 aliphatic rings. The molecule has 5 N–H and O–H groups in total. The Morgan fingerprint density at radius 2 is 2.05 bits per heavy atom. The molecule has 0 radical (unpaired) electrons. The van der Waals surface area contributed by atoms with Crippen LogP contribution in [0.15, 0.2) is 6.07 Å². The van der Waals surface area contributed by atoms with Gasteiger partial charge in [0.25, 0.3) is 0 Å². The second-order valence-electron chi connectivity index (χ2n) is 4.41. The monoisotopic (exact) mass is 269 g/mol. The summed E-state index contributed by atoms with van der Waals surface area (Å²) in [5.74, 6) is 7.71. The summed E-state index contributed by atoms with van der Waals surface area (Å²) in [5.41, 5.74) is 2.54. The molecule has 0 aliphatic heterocycles. The molecule has 0 bridgehead atoms. The molecule has 0 aromatic carbocycles. The molecule has 7 heteroatoms. The molecule has 0 fully saturated rings. The summed E-state index contributed by atoms with van der Waals surface area (Å²) in [7, 11) is 0. The number of hydrogen-bond donors (Lipinski definition) is 4. The van der Waals surface area contributed by atoms with E-state index in [1.807, 2.05) is 13.8 Å². The van der Waals surface area contributed by atoms with Crippen LogP contribution in [-0.2, 0) is 4.74 Å². The van der Waals surface area contributed by atoms with E-state index in [9.17, 15) is 0 Å². The maximum absolute atomic E-state index is 8.56. The smallest absolute Gasteiger partial charge is 0.145 e. The van der Waals surface area contributed by atoms with Gasteiger partial charge < -0.3 is 20.6 Å². The van der Waals surface area contributed by atoms with Crippen molar-refractivity contribution in [3.63, 3.8) is 0 Å². The number of rotatable bonds is 9. The molecule has 0 unspecified atom stereocenters. The van der Waals surface area contributed by atoms with Gasteiger partial charge in [-0.15, -0.1) is 0 Å². The molecular formula is C12H23N5O2. The lowest BCUT2D eigenvalue weighted by Crippen LogP contribution is -2.14. The second-order valence-corrected chi connectivity index (χ2v) is 4.41. The molecule has 0 saturated heterocycles. The maximum Gasteiger partial charge on any atom is 0.145 e. The molecule has 108 valence electrons. The number of nitrogen functional groups attached to an aromatic ring is 1. The standard InChI is InChI=1S/C12H23N5O2/c1-9(2)12-15-10(8-11(16-12)17-13)14-4-3-6-19-7-5-18/h8-9,18H,3-7,13H2,1-2H3,(H2,14,15,16,17). The molecule has 1 heterocycles. The van der Waals surface area contributed by atoms with Crippen molar-refractivity contribution >= 4 is 11.6 Å². The van der Waals surface area contributed by atoms with E-state index in [0.29, 0.717) is 19.0 Å². The minimum absolute atomic E-state index is 0.0582. The average molecular weight is 269 g/mol. The zero-order chi connectivity index (χ0) is 14.1. The van der Waals surface area contributed by atoms with Crippen LogP contribution in [0.25, 0.3) is 0 Å². The Balaban J connectivity index is 2.46. The molecular weight excluding hydrogens is 246 g/mol. The van der Waals surface area contributed by atoms with Gasteiger partial charge in [0.05, 0.1) is 13.2 Å². The lowest BCUT2D eigenvalue weighted by molar-refractivity contribution is 0.0922. The summed E-state index contributed by atoms with van der Waals surface area (Å²) < 4.78 is 5.17. The van der Waals surface area contributed by atoms with E-state index in [-0.39, 0.29) is 12.5 Å². The predicted molar refractivity (Wildman–Crippen MR) is 74.9 cm³/mol. The third kappa shape index (κ3) is 5.82. The van der Waals surface area contributed by atoms with Gasteiger partial charge in [0, 0.05) is 25.1 Å². The Morgan fingerprint density at radius 3 is 2.68 bits per heavy atom. The first-order chi connectivity index (χ1) is 9.17. The number of nitrogens with zero attached hydrogens (tertiary/aromatic N) is 2. The minimum atomic E-state index is 0.0582. The van der Waals surface area contributed by atoms with E-state index < -0.39 is 0 Å². The summed E-state index contributed by atoms with van der Waals surface area (Å²) in [5, 5.41) is 11.8. The zero-order valence-corrected chi connectivity index (χ0v) is 11.5. The number of aliphatic hydroxyl groups is 1. The number of ether oxygens (including phenoxy) is 1. The van der Waals surface area contributed by atoms with Gasteiger partial charge >= 0.3 is 0 Å². The van der Waals surface area contributed by atoms with Gasteiger partial charge in [0.2, 0.25) is 0 Å². The van der Waals surface area contributed by atoms with Crippen LogP contribution in [0.3, 0.4) is 0 Å². The van der Waals surface area contributed by atoms with Crippen molar-refractivity contribution in [2.45, 2.75) is 26.2 Å². The van der Waals surface area contributed by atoms with Crippen molar-refractivity contribution in [1.82, 2.24) is 9.97 Å². The molecule has 1 rings (SSSR count). The Morgan fingerprint density at radius 1 is 1.32 bits per heavy atom. The van der Waals surface area contributed by atoms with Gasteiger partial charge in [-0.3, -0.25) is 0 Å². The van der Waals surface area contributed by atoms with Gasteiger partial charge in [-0.2, -0.15) is 0 Å². The highest BCUT2D eigenvalue weighted by Gasteiger charge is 2.07. The van der Waals surface area contributed by atoms with Crippen molar-refractivity contribution in [3.05, 3.63) is 11.9 Å². The highest BCUT2D eigenvalue weighted by atomic mass is 16.5. The molecule has 0 aliphatic carbocycles. The highest BCUT2D eigenvalue weighted by molar-refractivity contribution is 5.47. The lowest BCUT2D eigenvalue weighted by Gasteiger charge is -2.11. The Hall–Kier alpha value is -1.44. The Bertz CT molecular complexity index is 373. The fourth-order valence-electron chi connectivity index (χ4n) is 1.45. The molecule has 0 spiro atoms. The molecule has 7 nitrogen and oxygen atoms in total. The molecule has 1 aromatic rings. The van der Waals surface area contributed by atoms with Crippen molar-refractivity contribution in [3.8, 4) is 0 Å². The number of aliphatic hydroxyl groups excluding tert-OH is 1. The van der Waals surface area contributed by atoms with Gasteiger partial charge in [0.15, 0.2) is 0 Å². The summed E-state index contributed by atoms with van der Waals surface area (Å²) in [6.07, 6.45) is 0.840. The van der Waals surface area contributed by atoms with Gasteiger partial charge in [-0.05, 0) is 6.42 Å². The summed E-state index contributed by atoms with van der Waals surface area (Å²) >= 11 is 0. The van der Waals surface area contributed by atoms with Crippen LogP contribution in [0, 0.1) is 0 Å². The van der Waals surface area contributed by atoms with Crippen molar-refractivity contribution in [1.29, 1.82) is 0 Å². The van der Waals surface area contributed by atoms with Crippen LogP contribution in [0.2, 0.25) is 0 Å². The maximum atomic E-state index is 8.56. The number of hydrazine groups is 1. The van der Waals surface area contributed by atoms with Crippen LogP contribution in [-0.4, -0.2) is 41.4 Å². The number of nitrogens with two attached hydrogens (primary N) is 1. The van der Waals surface area contributed by atoms with E-state index >= 15 is 0 Å². The van der Waals surface area contributed by atoms with Gasteiger partial charge in [-0.25, -0.2) is 15.8 Å². The molecule has 1 aromatic heterocycles. The Kier molecular flexibility index (Phi) is 7.09. The molecule has 19 heavy (non-hydrogen) atoms. The van der Waals surface area contributed by atoms with E-state index in [1.54, 1.807) is 6.07 Å². The van der Waals surface area contributed by atoms with Crippen LogP contribution in [0.4, 0.5) is 11.6 Å². The number of anilines is 2. The third-order valence-electron chi connectivity index (χ3n) is 2.41. The van der Waals surface area contributed by atoms with Gasteiger partial charge in [-0.1, -0.05) is 13.8 Å². The third-order valence-corrected chi connectivity index (χ3v) is 2.41. The van der Waals surface area contributed by atoms with E-state index in [1.165, 1.54) is 0 Å². The minimum Gasteiger partial charge on any atom is -0.394 e. The van der Waals surface area contributed by atoms with Gasteiger partial charge in [0.1, 0.15) is 17.5 Å². The topological polar surface area (TPSA) is 105 Å². The van der Waals surface area contributed by atoms with Crippen molar-refractivity contribution in [2.24, 2.45) is 5.84 Å². The van der Waals surface area contributed by atoms with Crippen LogP contribution >= 0.6 is 0 Å². The molecule has 0 atom stereocenters. The average Bonchev–Trinajstić information content (AvgIpc) is 2.42. The van der Waals surface area contributed by atoms with Crippen molar-refractivity contribution in [2.75, 3.05) is 37.1 Å². The first kappa shape index (κ1) is 15.6. The highest BCUT2D eigenvalue weighted by Crippen LogP contribution is 2.16. The fourth-order valence-corrected chi connectivity index (χ4v) is 1.45. The fraction of sp³-hybridized carbons (Fsp3) is 0.667. The number of nitrogens with one attached hydrogen (secondary N) is 2. The summed E-state index contributed by atoms with van der Waals surface area (Å²) in [6, 6.07) is 1.76. The first-order valence-corrected chi connectivity index (χ1v) is 6.45. The largest absolute Gasteiger partial charge is 0.394 e. The Labute approximate surface area is 113 Å². The second kappa shape index (κ2) is 8.63. The van der Waals surface area contributed by atoms with E-state index in [0.717, 1.165) is 24.6 Å². The SMILES string of the molecule is CC(C)c1nc(NN)cc(NCCCOCCO)n1. The summed E-state index contributed by atoms with van der Waals surface area (Å²) in [4.78, 5) is 8.70. The van der Waals surface area contributed by atoms with Crippen LogP contribution in [0.1, 0.15) is 32.0 Å². The van der Waals surface area contributed by atoms with E-state index in [2.05, 4.69) is 20.7 Å². The number of aromatic nitrogens is 2. The van der Waals surface area contributed by atoms with E-state index in [4.69, 9.17) is 15.7 Å². The predicted octanol–water partition coefficient (Wildman–Crippen LogP) is 0.696. The summed E-state index contributed by atoms with van der Waals surface area (Å²) in [6.45, 7) is 5.85. The quantitative estimate of drug-likeness (QED) is 0.297. The molecule has 0 saturated carbocycles. The van der Waals surface area contributed by atoms with Crippen LogP contribution < -0.4 is 16.6 Å². The zero-order valence-electron chi connectivity index (χ0n) is 11.5. The normalized spacial score (nSPS) is 10.8. The van der Waals surface area contributed by atoms with Crippen LogP contribution in [0.5, 0.6) is 0 Å². The molecule has 0 amide bonds. The first-order valence-electron chi connectivity index (χ1n) is 6.45.